The van der Waals surface area contributed by atoms with Crippen molar-refractivity contribution in [1.82, 2.24) is 0 Å². The van der Waals surface area contributed by atoms with Gasteiger partial charge < -0.3 is 27.9 Å². The first-order chi connectivity index (χ1) is 15.8. The summed E-state index contributed by atoms with van der Waals surface area (Å²) in [6.45, 7) is 0. The first-order valence-corrected chi connectivity index (χ1v) is 9.59. The van der Waals surface area contributed by atoms with Crippen LogP contribution in [0.25, 0.3) is 11.5 Å². The van der Waals surface area contributed by atoms with Crippen molar-refractivity contribution in [2.45, 2.75) is 12.4 Å². The Bertz CT molecular complexity index is 1300. The van der Waals surface area contributed by atoms with Crippen LogP contribution in [0.2, 0.25) is 0 Å². The lowest BCUT2D eigenvalue weighted by Crippen LogP contribution is -2.36. The minimum atomic E-state index is -4.99. The maximum Gasteiger partial charge on any atom is 0.416 e. The highest BCUT2D eigenvalue weighted by Crippen LogP contribution is 2.37. The number of halogens is 6. The molecule has 0 spiro atoms. The smallest absolute Gasteiger partial charge is 0.398 e. The van der Waals surface area contributed by atoms with Gasteiger partial charge in [0.2, 0.25) is 0 Å². The molecule has 3 rings (SSSR count). The fourth-order valence-corrected chi connectivity index (χ4v) is 3.21. The SMILES string of the molecule is NNc1cc(/C(N)=c2\cccc\c2=C(\N)Nc2cc(C(F)(F)F)cc(C(F)(F)F)c2)ccc1N. The van der Waals surface area contributed by atoms with Gasteiger partial charge in [0, 0.05) is 27.4 Å². The number of anilines is 3. The molecule has 0 bridgehead atoms. The van der Waals surface area contributed by atoms with Crippen LogP contribution in [0.4, 0.5) is 43.4 Å². The van der Waals surface area contributed by atoms with E-state index in [1.165, 1.54) is 6.07 Å². The first kappa shape index (κ1) is 24.6. The zero-order valence-electron chi connectivity index (χ0n) is 17.4. The number of benzene rings is 3. The van der Waals surface area contributed by atoms with Crippen LogP contribution < -0.4 is 44.2 Å². The van der Waals surface area contributed by atoms with Crippen molar-refractivity contribution in [2.24, 2.45) is 17.3 Å². The highest BCUT2D eigenvalue weighted by atomic mass is 19.4. The van der Waals surface area contributed by atoms with Crippen LogP contribution in [0.15, 0.2) is 60.7 Å². The van der Waals surface area contributed by atoms with Gasteiger partial charge in [-0.15, -0.1) is 0 Å². The molecule has 10 N–H and O–H groups in total. The quantitative estimate of drug-likeness (QED) is 0.147. The number of alkyl halides is 6. The Balaban J connectivity index is 2.19. The highest BCUT2D eigenvalue weighted by molar-refractivity contribution is 5.74. The van der Waals surface area contributed by atoms with E-state index in [1.807, 2.05) is 0 Å². The van der Waals surface area contributed by atoms with Gasteiger partial charge in [0.25, 0.3) is 0 Å². The number of nitrogen functional groups attached to an aromatic ring is 2. The molecule has 0 saturated heterocycles. The van der Waals surface area contributed by atoms with Gasteiger partial charge in [-0.25, -0.2) is 0 Å². The van der Waals surface area contributed by atoms with Crippen molar-refractivity contribution in [3.8, 4) is 0 Å². The van der Waals surface area contributed by atoms with Crippen LogP contribution in [-0.4, -0.2) is 0 Å². The molecule has 0 aliphatic rings. The van der Waals surface area contributed by atoms with E-state index in [-0.39, 0.29) is 22.8 Å². The Morgan fingerprint density at radius 3 is 1.82 bits per heavy atom. The van der Waals surface area contributed by atoms with Crippen molar-refractivity contribution >= 4 is 28.6 Å². The molecule has 0 amide bonds. The van der Waals surface area contributed by atoms with Crippen LogP contribution >= 0.6 is 0 Å². The Labute approximate surface area is 189 Å². The number of nitrogens with one attached hydrogen (secondary N) is 2. The van der Waals surface area contributed by atoms with Gasteiger partial charge in [-0.3, -0.25) is 5.84 Å². The lowest BCUT2D eigenvalue weighted by molar-refractivity contribution is -0.143. The Morgan fingerprint density at radius 1 is 0.735 bits per heavy atom. The molecule has 0 aromatic heterocycles. The third kappa shape index (κ3) is 5.29. The molecule has 0 unspecified atom stereocenters. The summed E-state index contributed by atoms with van der Waals surface area (Å²) in [4.78, 5) is 0. The highest BCUT2D eigenvalue weighted by Gasteiger charge is 2.37. The van der Waals surface area contributed by atoms with Gasteiger partial charge in [0.1, 0.15) is 5.82 Å². The van der Waals surface area contributed by atoms with E-state index >= 15 is 0 Å². The van der Waals surface area contributed by atoms with Crippen LogP contribution in [0, 0.1) is 0 Å². The molecule has 0 radical (unpaired) electrons. The predicted octanol–water partition coefficient (Wildman–Crippen LogP) is 2.84. The number of hydrogen-bond acceptors (Lipinski definition) is 6. The molecular weight excluding hydrogens is 462 g/mol. The number of hydrogen-bond donors (Lipinski definition) is 6. The van der Waals surface area contributed by atoms with Crippen LogP contribution in [0.5, 0.6) is 0 Å². The Morgan fingerprint density at radius 2 is 1.29 bits per heavy atom. The van der Waals surface area contributed by atoms with Crippen molar-refractivity contribution < 1.29 is 26.3 Å². The lowest BCUT2D eigenvalue weighted by atomic mass is 10.1. The van der Waals surface area contributed by atoms with E-state index in [0.29, 0.717) is 34.3 Å². The average Bonchev–Trinajstić information content (AvgIpc) is 2.77. The molecule has 0 aliphatic carbocycles. The summed E-state index contributed by atoms with van der Waals surface area (Å²) in [7, 11) is 0. The zero-order valence-corrected chi connectivity index (χ0v) is 17.4. The standard InChI is InChI=1S/C22H20F6N6/c23-21(24,25)12-8-13(22(26,27)28)10-14(9-12)33-20(31)16-4-2-1-3-15(16)19(30)11-5-6-17(29)18(7-11)34-32/h1-10,33-34H,29-32H2/b19-15-,20-16+. The normalized spacial score (nSPS) is 13.9. The van der Waals surface area contributed by atoms with Crippen molar-refractivity contribution in [3.63, 3.8) is 0 Å². The minimum absolute atomic E-state index is 0.0330. The maximum absolute atomic E-state index is 13.2. The molecule has 0 fully saturated rings. The summed E-state index contributed by atoms with van der Waals surface area (Å²) in [6.07, 6.45) is -9.99. The van der Waals surface area contributed by atoms with Crippen LogP contribution in [0.3, 0.4) is 0 Å². The van der Waals surface area contributed by atoms with Crippen LogP contribution in [-0.2, 0) is 12.4 Å². The molecule has 12 heteroatoms. The van der Waals surface area contributed by atoms with Gasteiger partial charge in [-0.2, -0.15) is 26.3 Å². The van der Waals surface area contributed by atoms with Crippen molar-refractivity contribution in [2.75, 3.05) is 16.5 Å². The number of nitrogens with two attached hydrogens (primary N) is 4. The van der Waals surface area contributed by atoms with E-state index in [4.69, 9.17) is 23.0 Å². The number of hydrazine groups is 1. The summed E-state index contributed by atoms with van der Waals surface area (Å²) < 4.78 is 79.0. The first-order valence-electron chi connectivity index (χ1n) is 9.59. The van der Waals surface area contributed by atoms with E-state index in [0.717, 1.165) is 0 Å². The molecule has 3 aromatic rings. The summed E-state index contributed by atoms with van der Waals surface area (Å²) in [5, 5.41) is 3.07. The topological polar surface area (TPSA) is 128 Å². The van der Waals surface area contributed by atoms with E-state index < -0.39 is 29.2 Å². The summed E-state index contributed by atoms with van der Waals surface area (Å²) in [6, 6.07) is 12.2. The van der Waals surface area contributed by atoms with Crippen molar-refractivity contribution in [3.05, 3.63) is 87.8 Å². The van der Waals surface area contributed by atoms with E-state index in [1.54, 1.807) is 36.4 Å². The maximum atomic E-state index is 13.2. The number of rotatable bonds is 4. The fourth-order valence-electron chi connectivity index (χ4n) is 3.21. The largest absolute Gasteiger partial charge is 0.416 e. The second kappa shape index (κ2) is 9.06. The van der Waals surface area contributed by atoms with Gasteiger partial charge in [-0.05, 0) is 30.3 Å². The van der Waals surface area contributed by atoms with E-state index in [2.05, 4.69) is 10.7 Å². The van der Waals surface area contributed by atoms with Gasteiger partial charge in [-0.1, -0.05) is 30.3 Å². The van der Waals surface area contributed by atoms with Gasteiger partial charge in [0.05, 0.1) is 22.5 Å². The van der Waals surface area contributed by atoms with Crippen LogP contribution in [0.1, 0.15) is 16.7 Å². The molecule has 0 heterocycles. The minimum Gasteiger partial charge on any atom is -0.398 e. The molecular formula is C22H20F6N6. The fraction of sp³-hybridized carbons (Fsp3) is 0.0909. The molecule has 3 aromatic carbocycles. The second-order valence-electron chi connectivity index (χ2n) is 7.24. The second-order valence-corrected chi connectivity index (χ2v) is 7.24. The van der Waals surface area contributed by atoms with Gasteiger partial charge >= 0.3 is 12.4 Å². The van der Waals surface area contributed by atoms with Gasteiger partial charge in [0.15, 0.2) is 0 Å². The third-order valence-electron chi connectivity index (χ3n) is 4.89. The lowest BCUT2D eigenvalue weighted by Gasteiger charge is -2.15. The third-order valence-corrected chi connectivity index (χ3v) is 4.89. The molecule has 0 atom stereocenters. The average molecular weight is 482 g/mol. The monoisotopic (exact) mass is 482 g/mol. The Kier molecular flexibility index (Phi) is 6.55. The predicted molar refractivity (Wildman–Crippen MR) is 119 cm³/mol. The van der Waals surface area contributed by atoms with Crippen molar-refractivity contribution in [1.29, 1.82) is 0 Å². The molecule has 180 valence electrons. The molecule has 34 heavy (non-hydrogen) atoms. The molecule has 6 nitrogen and oxygen atoms in total. The zero-order chi connectivity index (χ0) is 25.3. The van der Waals surface area contributed by atoms with E-state index in [9.17, 15) is 26.3 Å². The Hall–Kier alpha value is -4.06. The summed E-state index contributed by atoms with van der Waals surface area (Å²) in [5.74, 6) is 5.22. The molecule has 0 saturated carbocycles. The molecule has 0 aliphatic heterocycles. The summed E-state index contributed by atoms with van der Waals surface area (Å²) >= 11 is 0. The summed E-state index contributed by atoms with van der Waals surface area (Å²) in [5.41, 5.74) is 18.6.